The first kappa shape index (κ1) is 13.1. The quantitative estimate of drug-likeness (QED) is 0.849. The first-order valence-corrected chi connectivity index (χ1v) is 5.81. The van der Waals surface area contributed by atoms with E-state index in [1.807, 2.05) is 13.8 Å². The highest BCUT2D eigenvalue weighted by Crippen LogP contribution is 2.13. The third kappa shape index (κ3) is 3.09. The first-order valence-electron chi connectivity index (χ1n) is 5.81. The Bertz CT molecular complexity index is 593. The maximum Gasteiger partial charge on any atom is 0.373 e. The predicted octanol–water partition coefficient (Wildman–Crippen LogP) is 2.09. The van der Waals surface area contributed by atoms with E-state index in [-0.39, 0.29) is 5.76 Å². The number of rotatable bonds is 4. The average Bonchev–Trinajstić information content (AvgIpc) is 2.88. The molecule has 0 radical (unpaired) electrons. The summed E-state index contributed by atoms with van der Waals surface area (Å²) >= 11 is 0. The molecule has 0 spiro atoms. The molecule has 0 fully saturated rings. The SMILES string of the molecule is COC(=O)c1ccc(CNc2nc(C)cnc2C)o1. The van der Waals surface area contributed by atoms with Crippen molar-refractivity contribution in [3.8, 4) is 0 Å². The number of ether oxygens (including phenoxy) is 1. The summed E-state index contributed by atoms with van der Waals surface area (Å²) in [6.45, 7) is 4.17. The molecule has 0 aromatic carbocycles. The zero-order chi connectivity index (χ0) is 13.8. The maximum absolute atomic E-state index is 11.2. The maximum atomic E-state index is 11.2. The van der Waals surface area contributed by atoms with E-state index in [0.717, 1.165) is 11.4 Å². The van der Waals surface area contributed by atoms with Gasteiger partial charge in [0.25, 0.3) is 0 Å². The van der Waals surface area contributed by atoms with Gasteiger partial charge < -0.3 is 14.5 Å². The largest absolute Gasteiger partial charge is 0.463 e. The summed E-state index contributed by atoms with van der Waals surface area (Å²) in [5.74, 6) is 1.03. The summed E-state index contributed by atoms with van der Waals surface area (Å²) in [4.78, 5) is 19.8. The average molecular weight is 261 g/mol. The zero-order valence-corrected chi connectivity index (χ0v) is 11.1. The molecule has 0 aliphatic rings. The molecule has 0 atom stereocenters. The number of furan rings is 1. The second-order valence-electron chi connectivity index (χ2n) is 4.06. The molecule has 2 rings (SSSR count). The van der Waals surface area contributed by atoms with Crippen LogP contribution in [-0.4, -0.2) is 23.0 Å². The molecule has 0 saturated heterocycles. The Morgan fingerprint density at radius 1 is 1.42 bits per heavy atom. The molecule has 0 unspecified atom stereocenters. The minimum absolute atomic E-state index is 0.186. The van der Waals surface area contributed by atoms with Gasteiger partial charge in [-0.25, -0.2) is 9.78 Å². The van der Waals surface area contributed by atoms with Gasteiger partial charge in [0.05, 0.1) is 25.0 Å². The second-order valence-corrected chi connectivity index (χ2v) is 4.06. The fraction of sp³-hybridized carbons (Fsp3) is 0.308. The van der Waals surface area contributed by atoms with Crippen molar-refractivity contribution in [3.63, 3.8) is 0 Å². The summed E-state index contributed by atoms with van der Waals surface area (Å²) in [7, 11) is 1.31. The summed E-state index contributed by atoms with van der Waals surface area (Å²) in [5.41, 5.74) is 1.65. The number of methoxy groups -OCH3 is 1. The highest BCUT2D eigenvalue weighted by Gasteiger charge is 2.11. The number of anilines is 1. The summed E-state index contributed by atoms with van der Waals surface area (Å²) < 4.78 is 9.91. The Labute approximate surface area is 110 Å². The molecule has 2 aromatic heterocycles. The monoisotopic (exact) mass is 261 g/mol. The molecule has 6 heteroatoms. The van der Waals surface area contributed by atoms with Crippen molar-refractivity contribution < 1.29 is 13.9 Å². The van der Waals surface area contributed by atoms with Gasteiger partial charge in [-0.05, 0) is 26.0 Å². The molecular weight excluding hydrogens is 246 g/mol. The Hall–Kier alpha value is -2.37. The Morgan fingerprint density at radius 3 is 2.95 bits per heavy atom. The molecule has 1 N–H and O–H groups in total. The smallest absolute Gasteiger partial charge is 0.373 e. The molecule has 100 valence electrons. The van der Waals surface area contributed by atoms with E-state index < -0.39 is 5.97 Å². The number of hydrogen-bond donors (Lipinski definition) is 1. The number of aryl methyl sites for hydroxylation is 2. The lowest BCUT2D eigenvalue weighted by Crippen LogP contribution is -2.05. The number of esters is 1. The van der Waals surface area contributed by atoms with Gasteiger partial charge in [-0.3, -0.25) is 4.98 Å². The Balaban J connectivity index is 2.04. The lowest BCUT2D eigenvalue weighted by atomic mass is 10.4. The van der Waals surface area contributed by atoms with Crippen LogP contribution in [0.1, 0.15) is 27.7 Å². The van der Waals surface area contributed by atoms with Crippen LogP contribution in [0, 0.1) is 13.8 Å². The number of nitrogens with zero attached hydrogens (tertiary/aromatic N) is 2. The van der Waals surface area contributed by atoms with Gasteiger partial charge in [-0.15, -0.1) is 0 Å². The van der Waals surface area contributed by atoms with Crippen molar-refractivity contribution in [1.29, 1.82) is 0 Å². The van der Waals surface area contributed by atoms with Crippen molar-refractivity contribution in [1.82, 2.24) is 9.97 Å². The molecule has 0 bridgehead atoms. The van der Waals surface area contributed by atoms with Crippen LogP contribution in [0.25, 0.3) is 0 Å². The van der Waals surface area contributed by atoms with Crippen LogP contribution in [0.4, 0.5) is 5.82 Å². The summed E-state index contributed by atoms with van der Waals surface area (Å²) in [6, 6.07) is 3.30. The fourth-order valence-electron chi connectivity index (χ4n) is 1.56. The van der Waals surface area contributed by atoms with Gasteiger partial charge in [0.1, 0.15) is 11.6 Å². The standard InChI is InChI=1S/C13H15N3O3/c1-8-6-14-9(2)12(16-8)15-7-10-4-5-11(19-10)13(17)18-3/h4-6H,7H2,1-3H3,(H,15,16). The molecule has 2 heterocycles. The number of hydrogen-bond acceptors (Lipinski definition) is 6. The van der Waals surface area contributed by atoms with Gasteiger partial charge in [0.15, 0.2) is 0 Å². The van der Waals surface area contributed by atoms with Crippen molar-refractivity contribution in [2.24, 2.45) is 0 Å². The lowest BCUT2D eigenvalue weighted by molar-refractivity contribution is 0.0563. The number of carbonyl (C=O) groups excluding carboxylic acids is 1. The van der Waals surface area contributed by atoms with Crippen LogP contribution < -0.4 is 5.32 Å². The molecule has 0 saturated carbocycles. The van der Waals surface area contributed by atoms with E-state index in [4.69, 9.17) is 4.42 Å². The summed E-state index contributed by atoms with van der Waals surface area (Å²) in [6.07, 6.45) is 1.71. The van der Waals surface area contributed by atoms with Crippen molar-refractivity contribution in [3.05, 3.63) is 41.2 Å². The van der Waals surface area contributed by atoms with Gasteiger partial charge in [0, 0.05) is 6.20 Å². The van der Waals surface area contributed by atoms with E-state index >= 15 is 0 Å². The van der Waals surface area contributed by atoms with Crippen molar-refractivity contribution in [2.45, 2.75) is 20.4 Å². The van der Waals surface area contributed by atoms with Gasteiger partial charge in [-0.2, -0.15) is 0 Å². The van der Waals surface area contributed by atoms with Crippen LogP contribution in [0.15, 0.2) is 22.7 Å². The normalized spacial score (nSPS) is 10.3. The molecule has 19 heavy (non-hydrogen) atoms. The van der Waals surface area contributed by atoms with E-state index in [2.05, 4.69) is 20.0 Å². The van der Waals surface area contributed by atoms with Crippen molar-refractivity contribution in [2.75, 3.05) is 12.4 Å². The summed E-state index contributed by atoms with van der Waals surface area (Å²) in [5, 5.41) is 3.12. The highest BCUT2D eigenvalue weighted by molar-refractivity contribution is 5.86. The van der Waals surface area contributed by atoms with Gasteiger partial charge in [0.2, 0.25) is 5.76 Å². The topological polar surface area (TPSA) is 77.2 Å². The van der Waals surface area contributed by atoms with E-state index in [1.54, 1.807) is 18.3 Å². The Kier molecular flexibility index (Phi) is 3.79. The van der Waals surface area contributed by atoms with Gasteiger partial charge in [-0.1, -0.05) is 0 Å². The Morgan fingerprint density at radius 2 is 2.21 bits per heavy atom. The van der Waals surface area contributed by atoms with E-state index in [1.165, 1.54) is 7.11 Å². The second kappa shape index (κ2) is 5.51. The number of nitrogens with one attached hydrogen (secondary N) is 1. The third-order valence-corrected chi connectivity index (χ3v) is 2.55. The molecule has 0 aliphatic carbocycles. The zero-order valence-electron chi connectivity index (χ0n) is 11.1. The van der Waals surface area contributed by atoms with Crippen molar-refractivity contribution >= 4 is 11.8 Å². The molecule has 6 nitrogen and oxygen atoms in total. The van der Waals surface area contributed by atoms with Crippen LogP contribution in [0.2, 0.25) is 0 Å². The first-order chi connectivity index (χ1) is 9.10. The number of carbonyl (C=O) groups is 1. The van der Waals surface area contributed by atoms with E-state index in [9.17, 15) is 4.79 Å². The molecule has 0 aliphatic heterocycles. The van der Waals surface area contributed by atoms with Gasteiger partial charge >= 0.3 is 5.97 Å². The molecule has 0 amide bonds. The highest BCUT2D eigenvalue weighted by atomic mass is 16.5. The molecule has 2 aromatic rings. The van der Waals surface area contributed by atoms with Crippen LogP contribution in [0.3, 0.4) is 0 Å². The lowest BCUT2D eigenvalue weighted by Gasteiger charge is -2.06. The van der Waals surface area contributed by atoms with E-state index in [0.29, 0.717) is 18.1 Å². The molecular formula is C13H15N3O3. The van der Waals surface area contributed by atoms with Crippen LogP contribution >= 0.6 is 0 Å². The fourth-order valence-corrected chi connectivity index (χ4v) is 1.56. The predicted molar refractivity (Wildman–Crippen MR) is 68.9 cm³/mol. The number of aromatic nitrogens is 2. The minimum atomic E-state index is -0.488. The minimum Gasteiger partial charge on any atom is -0.463 e. The third-order valence-electron chi connectivity index (χ3n) is 2.55. The van der Waals surface area contributed by atoms with Crippen LogP contribution in [-0.2, 0) is 11.3 Å². The van der Waals surface area contributed by atoms with Crippen LogP contribution in [0.5, 0.6) is 0 Å².